The topological polar surface area (TPSA) is 50.7 Å². The first kappa shape index (κ1) is 21.4. The van der Waals surface area contributed by atoms with Gasteiger partial charge in [-0.2, -0.15) is 5.10 Å². The number of hydrogen-bond donors (Lipinski definition) is 1. The zero-order valence-corrected chi connectivity index (χ0v) is 18.4. The number of halogens is 2. The minimum absolute atomic E-state index is 0.0361. The van der Waals surface area contributed by atoms with Crippen LogP contribution in [0.15, 0.2) is 47.6 Å². The van der Waals surface area contributed by atoms with Crippen LogP contribution >= 0.6 is 46.7 Å². The molecule has 0 aromatic heterocycles. The van der Waals surface area contributed by atoms with E-state index >= 15 is 0 Å². The number of nitrogens with zero attached hydrogens (tertiary/aromatic N) is 1. The van der Waals surface area contributed by atoms with Crippen molar-refractivity contribution in [2.45, 2.75) is 24.0 Å². The van der Waals surface area contributed by atoms with Gasteiger partial charge in [-0.1, -0.05) is 29.3 Å². The maximum atomic E-state index is 12.0. The van der Waals surface area contributed by atoms with Crippen LogP contribution in [0, 0.1) is 0 Å². The third-order valence-electron chi connectivity index (χ3n) is 4.07. The maximum Gasteiger partial charge on any atom is 0.242 e. The summed E-state index contributed by atoms with van der Waals surface area (Å²) in [7, 11) is 0. The highest BCUT2D eigenvalue weighted by Crippen LogP contribution is 2.45. The molecule has 0 bridgehead atoms. The molecule has 1 heterocycles. The summed E-state index contributed by atoms with van der Waals surface area (Å²) in [6.07, 6.45) is 2.08. The lowest BCUT2D eigenvalue weighted by atomic mass is 10.2. The maximum absolute atomic E-state index is 12.0. The van der Waals surface area contributed by atoms with E-state index in [1.807, 2.05) is 53.9 Å². The number of hydrazone groups is 1. The van der Waals surface area contributed by atoms with Gasteiger partial charge in [-0.3, -0.25) is 4.79 Å². The molecule has 0 radical (unpaired) electrons. The Morgan fingerprint density at radius 3 is 2.61 bits per heavy atom. The van der Waals surface area contributed by atoms with E-state index in [4.69, 9.17) is 27.9 Å². The van der Waals surface area contributed by atoms with Gasteiger partial charge in [0.2, 0.25) is 5.91 Å². The van der Waals surface area contributed by atoms with E-state index in [9.17, 15) is 4.79 Å². The molecule has 8 heteroatoms. The molecule has 1 N–H and O–H groups in total. The number of rotatable bonds is 7. The van der Waals surface area contributed by atoms with Gasteiger partial charge in [-0.05, 0) is 48.9 Å². The zero-order valence-electron chi connectivity index (χ0n) is 15.3. The van der Waals surface area contributed by atoms with Gasteiger partial charge in [-0.15, -0.1) is 23.5 Å². The minimum atomic E-state index is -0.0690. The number of ether oxygens (including phenoxy) is 1. The van der Waals surface area contributed by atoms with Crippen molar-refractivity contribution in [1.82, 2.24) is 5.43 Å². The molecule has 0 atom stereocenters. The second-order valence-corrected chi connectivity index (χ2v) is 10.7. The fourth-order valence-electron chi connectivity index (χ4n) is 2.62. The SMILES string of the molecule is CC1(CC(=O)N/N=C\c2ccc(OCc3ccc(Cl)cc3Cl)cc2)SCCS1. The summed E-state index contributed by atoms with van der Waals surface area (Å²) in [5.74, 6) is 2.84. The molecule has 0 spiro atoms. The van der Waals surface area contributed by atoms with E-state index in [1.165, 1.54) is 0 Å². The van der Waals surface area contributed by atoms with Crippen LogP contribution in [-0.4, -0.2) is 27.7 Å². The average Bonchev–Trinajstić information content (AvgIpc) is 3.08. The van der Waals surface area contributed by atoms with Crippen molar-refractivity contribution in [2.24, 2.45) is 5.10 Å². The van der Waals surface area contributed by atoms with E-state index < -0.39 is 0 Å². The van der Waals surface area contributed by atoms with Gasteiger partial charge in [0.1, 0.15) is 12.4 Å². The summed E-state index contributed by atoms with van der Waals surface area (Å²) in [5, 5.41) is 5.22. The Kier molecular flexibility index (Phi) is 7.57. The second-order valence-electron chi connectivity index (χ2n) is 6.39. The largest absolute Gasteiger partial charge is 0.489 e. The smallest absolute Gasteiger partial charge is 0.242 e. The molecule has 148 valence electrons. The predicted molar refractivity (Wildman–Crippen MR) is 121 cm³/mol. The van der Waals surface area contributed by atoms with Crippen LogP contribution < -0.4 is 10.2 Å². The number of nitrogens with one attached hydrogen (secondary N) is 1. The molecule has 0 aliphatic carbocycles. The first-order valence-electron chi connectivity index (χ1n) is 8.70. The number of benzene rings is 2. The molecule has 0 saturated carbocycles. The van der Waals surface area contributed by atoms with Crippen LogP contribution in [0.2, 0.25) is 10.0 Å². The van der Waals surface area contributed by atoms with E-state index in [0.717, 1.165) is 28.4 Å². The van der Waals surface area contributed by atoms with Gasteiger partial charge >= 0.3 is 0 Å². The Balaban J connectivity index is 1.47. The first-order valence-corrected chi connectivity index (χ1v) is 11.4. The monoisotopic (exact) mass is 454 g/mol. The van der Waals surface area contributed by atoms with Crippen molar-refractivity contribution in [1.29, 1.82) is 0 Å². The molecule has 3 rings (SSSR count). The van der Waals surface area contributed by atoms with E-state index in [0.29, 0.717) is 23.1 Å². The molecule has 1 aliphatic heterocycles. The van der Waals surface area contributed by atoms with Crippen molar-refractivity contribution in [3.8, 4) is 5.75 Å². The summed E-state index contributed by atoms with van der Waals surface area (Å²) >= 11 is 15.7. The highest BCUT2D eigenvalue weighted by molar-refractivity contribution is 8.21. The van der Waals surface area contributed by atoms with Crippen molar-refractivity contribution in [3.63, 3.8) is 0 Å². The Bertz CT molecular complexity index is 854. The number of thioether (sulfide) groups is 2. The highest BCUT2D eigenvalue weighted by atomic mass is 35.5. The molecule has 1 amide bonds. The first-order chi connectivity index (χ1) is 13.4. The quantitative estimate of drug-likeness (QED) is 0.436. The second kappa shape index (κ2) is 9.92. The van der Waals surface area contributed by atoms with E-state index in [-0.39, 0.29) is 9.99 Å². The standard InChI is InChI=1S/C20H20Cl2N2O2S2/c1-20(27-8-9-28-20)11-19(25)24-23-12-14-2-6-17(7-3-14)26-13-15-4-5-16(21)10-18(15)22/h2-7,10,12H,8-9,11,13H2,1H3,(H,24,25)/b23-12-. The van der Waals surface area contributed by atoms with Crippen LogP contribution in [0.3, 0.4) is 0 Å². The minimum Gasteiger partial charge on any atom is -0.489 e. The van der Waals surface area contributed by atoms with Crippen LogP contribution in [0.25, 0.3) is 0 Å². The third kappa shape index (κ3) is 6.34. The molecule has 1 fully saturated rings. The van der Waals surface area contributed by atoms with Crippen molar-refractivity contribution in [3.05, 3.63) is 63.6 Å². The van der Waals surface area contributed by atoms with Gasteiger partial charge in [0.15, 0.2) is 0 Å². The van der Waals surface area contributed by atoms with Gasteiger partial charge in [0, 0.05) is 27.1 Å². The Morgan fingerprint density at radius 2 is 1.93 bits per heavy atom. The number of hydrogen-bond acceptors (Lipinski definition) is 5. The van der Waals surface area contributed by atoms with Gasteiger partial charge in [-0.25, -0.2) is 5.43 Å². The van der Waals surface area contributed by atoms with Crippen molar-refractivity contribution >= 4 is 58.8 Å². The van der Waals surface area contributed by atoms with Crippen LogP contribution in [-0.2, 0) is 11.4 Å². The fourth-order valence-corrected chi connectivity index (χ4v) is 5.91. The summed E-state index contributed by atoms with van der Waals surface area (Å²) in [6.45, 7) is 2.46. The zero-order chi connectivity index (χ0) is 20.0. The van der Waals surface area contributed by atoms with E-state index in [1.54, 1.807) is 18.3 Å². The van der Waals surface area contributed by atoms with Gasteiger partial charge in [0.25, 0.3) is 0 Å². The molecule has 1 saturated heterocycles. The van der Waals surface area contributed by atoms with Crippen molar-refractivity contribution < 1.29 is 9.53 Å². The molecule has 4 nitrogen and oxygen atoms in total. The number of amides is 1. The summed E-state index contributed by atoms with van der Waals surface area (Å²) in [4.78, 5) is 12.0. The summed E-state index contributed by atoms with van der Waals surface area (Å²) < 4.78 is 5.71. The van der Waals surface area contributed by atoms with Crippen molar-refractivity contribution in [2.75, 3.05) is 11.5 Å². The molecule has 0 unspecified atom stereocenters. The summed E-state index contributed by atoms with van der Waals surface area (Å²) in [6, 6.07) is 12.8. The summed E-state index contributed by atoms with van der Waals surface area (Å²) in [5.41, 5.74) is 4.34. The predicted octanol–water partition coefficient (Wildman–Crippen LogP) is 5.61. The average molecular weight is 455 g/mol. The highest BCUT2D eigenvalue weighted by Gasteiger charge is 2.32. The Morgan fingerprint density at radius 1 is 1.21 bits per heavy atom. The van der Waals surface area contributed by atoms with E-state index in [2.05, 4.69) is 17.5 Å². The molecule has 28 heavy (non-hydrogen) atoms. The molecular formula is C20H20Cl2N2O2S2. The van der Waals surface area contributed by atoms with Crippen LogP contribution in [0.4, 0.5) is 0 Å². The Labute approximate surface area is 183 Å². The van der Waals surface area contributed by atoms with Gasteiger partial charge < -0.3 is 4.74 Å². The molecule has 2 aromatic rings. The number of carbonyl (C=O) groups is 1. The van der Waals surface area contributed by atoms with Crippen LogP contribution in [0.5, 0.6) is 5.75 Å². The molecular weight excluding hydrogens is 435 g/mol. The number of carbonyl (C=O) groups excluding carboxylic acids is 1. The normalized spacial score (nSPS) is 15.7. The van der Waals surface area contributed by atoms with Crippen LogP contribution in [0.1, 0.15) is 24.5 Å². The third-order valence-corrected chi connectivity index (χ3v) is 7.95. The van der Waals surface area contributed by atoms with Gasteiger partial charge in [0.05, 0.1) is 16.7 Å². The molecule has 1 aliphatic rings. The lowest BCUT2D eigenvalue weighted by molar-refractivity contribution is -0.121. The Hall–Kier alpha value is -1.34. The fraction of sp³-hybridized carbons (Fsp3) is 0.300. The lowest BCUT2D eigenvalue weighted by Crippen LogP contribution is -2.26. The molecule has 2 aromatic carbocycles. The lowest BCUT2D eigenvalue weighted by Gasteiger charge is -2.19.